The molecule has 0 spiro atoms. The number of anilines is 1. The number of rotatable bonds is 5. The molecule has 0 aliphatic carbocycles. The average Bonchev–Trinajstić information content (AvgIpc) is 3.07. The number of ether oxygens (including phenoxy) is 1. The number of aromatic nitrogens is 2. The second kappa shape index (κ2) is 8.02. The van der Waals surface area contributed by atoms with Crippen molar-refractivity contribution < 1.29 is 18.3 Å². The molecule has 160 valence electrons. The molecule has 3 heterocycles. The maximum atomic E-state index is 13.4. The molecule has 1 amide bonds. The van der Waals surface area contributed by atoms with E-state index in [2.05, 4.69) is 9.88 Å². The van der Waals surface area contributed by atoms with Gasteiger partial charge >= 0.3 is 5.69 Å². The predicted octanol–water partition coefficient (Wildman–Crippen LogP) is 0.693. The Morgan fingerprint density at radius 1 is 1.20 bits per heavy atom. The first-order valence-corrected chi connectivity index (χ1v) is 9.69. The van der Waals surface area contributed by atoms with Crippen LogP contribution in [0.2, 0.25) is 0 Å². The molecule has 1 aromatic heterocycles. The minimum absolute atomic E-state index is 0.000747. The van der Waals surface area contributed by atoms with Crippen LogP contribution in [0, 0.1) is 11.6 Å². The largest absolute Gasteiger partial charge is 0.473 e. The SMILES string of the molecule is CN(C)CC(=O)N1CCN2c3cc(OCc4ccc(F)c(F)c4)nc(=O)n3CC2C1. The topological polar surface area (TPSA) is 70.9 Å². The standard InChI is InChI=1S/C20H23F2N5O3/c1-24(2)11-19(28)25-5-6-26-14(9-25)10-27-18(26)8-17(23-20(27)29)30-12-13-3-4-15(21)16(22)7-13/h3-4,7-8,14H,5-6,9-12H2,1-2H3. The smallest absolute Gasteiger partial charge is 0.352 e. The van der Waals surface area contributed by atoms with Gasteiger partial charge in [-0.25, -0.2) is 13.6 Å². The fraction of sp³-hybridized carbons (Fsp3) is 0.450. The van der Waals surface area contributed by atoms with Crippen molar-refractivity contribution >= 4 is 11.7 Å². The van der Waals surface area contributed by atoms with E-state index in [1.165, 1.54) is 6.07 Å². The van der Waals surface area contributed by atoms with Gasteiger partial charge in [0.2, 0.25) is 11.8 Å². The highest BCUT2D eigenvalue weighted by Crippen LogP contribution is 2.29. The van der Waals surface area contributed by atoms with E-state index in [-0.39, 0.29) is 24.4 Å². The molecule has 2 aliphatic rings. The molecule has 0 N–H and O–H groups in total. The second-order valence-corrected chi connectivity index (χ2v) is 7.81. The average molecular weight is 419 g/mol. The Morgan fingerprint density at radius 3 is 2.73 bits per heavy atom. The monoisotopic (exact) mass is 419 g/mol. The molecule has 4 rings (SSSR count). The van der Waals surface area contributed by atoms with E-state index in [4.69, 9.17) is 4.74 Å². The lowest BCUT2D eigenvalue weighted by molar-refractivity contribution is -0.132. The summed E-state index contributed by atoms with van der Waals surface area (Å²) in [7, 11) is 3.71. The molecule has 1 unspecified atom stereocenters. The third-order valence-electron chi connectivity index (χ3n) is 5.31. The number of benzene rings is 1. The number of hydrogen-bond donors (Lipinski definition) is 0. The summed E-state index contributed by atoms with van der Waals surface area (Å²) in [5.74, 6) is -0.996. The molecule has 1 fully saturated rings. The van der Waals surface area contributed by atoms with Gasteiger partial charge in [-0.1, -0.05) is 6.07 Å². The quantitative estimate of drug-likeness (QED) is 0.711. The van der Waals surface area contributed by atoms with Crippen molar-refractivity contribution in [2.24, 2.45) is 0 Å². The summed E-state index contributed by atoms with van der Waals surface area (Å²) in [5, 5.41) is 0. The van der Waals surface area contributed by atoms with E-state index >= 15 is 0 Å². The van der Waals surface area contributed by atoms with Crippen molar-refractivity contribution in [1.82, 2.24) is 19.4 Å². The molecule has 0 saturated carbocycles. The Bertz CT molecular complexity index is 1030. The highest BCUT2D eigenvalue weighted by Gasteiger charge is 2.37. The van der Waals surface area contributed by atoms with Crippen molar-refractivity contribution in [3.05, 3.63) is 51.9 Å². The number of carbonyl (C=O) groups excluding carboxylic acids is 1. The van der Waals surface area contributed by atoms with Gasteiger partial charge in [0.05, 0.1) is 19.1 Å². The van der Waals surface area contributed by atoms with Gasteiger partial charge < -0.3 is 19.4 Å². The summed E-state index contributed by atoms with van der Waals surface area (Å²) in [4.78, 5) is 34.6. The van der Waals surface area contributed by atoms with Crippen molar-refractivity contribution in [3.8, 4) is 5.88 Å². The maximum Gasteiger partial charge on any atom is 0.352 e. The van der Waals surface area contributed by atoms with Crippen LogP contribution in [0.15, 0.2) is 29.1 Å². The zero-order chi connectivity index (χ0) is 21.4. The van der Waals surface area contributed by atoms with E-state index in [0.717, 1.165) is 12.1 Å². The molecule has 1 aromatic carbocycles. The van der Waals surface area contributed by atoms with Gasteiger partial charge in [-0.15, -0.1) is 0 Å². The second-order valence-electron chi connectivity index (χ2n) is 7.81. The molecule has 0 bridgehead atoms. The Balaban J connectivity index is 1.47. The first-order valence-electron chi connectivity index (χ1n) is 9.69. The molecule has 10 heteroatoms. The lowest BCUT2D eigenvalue weighted by Gasteiger charge is -2.38. The van der Waals surface area contributed by atoms with E-state index in [1.807, 2.05) is 23.9 Å². The molecular weight excluding hydrogens is 396 g/mol. The number of nitrogens with zero attached hydrogens (tertiary/aromatic N) is 5. The van der Waals surface area contributed by atoms with Crippen molar-refractivity contribution in [3.63, 3.8) is 0 Å². The number of carbonyl (C=O) groups is 1. The number of amides is 1. The van der Waals surface area contributed by atoms with Crippen LogP contribution in [0.4, 0.5) is 14.6 Å². The van der Waals surface area contributed by atoms with Crippen LogP contribution in [0.3, 0.4) is 0 Å². The fourth-order valence-corrected chi connectivity index (χ4v) is 3.86. The van der Waals surface area contributed by atoms with Crippen molar-refractivity contribution in [2.75, 3.05) is 45.2 Å². The summed E-state index contributed by atoms with van der Waals surface area (Å²) in [5.41, 5.74) is -0.00412. The third-order valence-corrected chi connectivity index (χ3v) is 5.31. The van der Waals surface area contributed by atoms with Crippen LogP contribution in [-0.2, 0) is 17.9 Å². The van der Waals surface area contributed by atoms with Gasteiger partial charge in [-0.2, -0.15) is 4.98 Å². The molecule has 0 radical (unpaired) electrons. The van der Waals surface area contributed by atoms with Crippen LogP contribution in [0.25, 0.3) is 0 Å². The van der Waals surface area contributed by atoms with Crippen molar-refractivity contribution in [1.29, 1.82) is 0 Å². The van der Waals surface area contributed by atoms with Gasteiger partial charge in [-0.3, -0.25) is 9.36 Å². The number of fused-ring (bicyclic) bond motifs is 3. The van der Waals surface area contributed by atoms with Gasteiger partial charge in [0.25, 0.3) is 0 Å². The van der Waals surface area contributed by atoms with Crippen LogP contribution < -0.4 is 15.3 Å². The Labute approximate surface area is 172 Å². The van der Waals surface area contributed by atoms with Gasteiger partial charge in [0, 0.05) is 25.7 Å². The number of piperazine rings is 1. The molecule has 1 atom stereocenters. The summed E-state index contributed by atoms with van der Waals surface area (Å²) in [6.45, 7) is 2.49. The highest BCUT2D eigenvalue weighted by atomic mass is 19.2. The zero-order valence-corrected chi connectivity index (χ0v) is 16.8. The number of halogens is 2. The van der Waals surface area contributed by atoms with Crippen LogP contribution in [-0.4, -0.2) is 71.6 Å². The Kier molecular flexibility index (Phi) is 5.42. The molecule has 30 heavy (non-hydrogen) atoms. The first kappa shape index (κ1) is 20.3. The van der Waals surface area contributed by atoms with Crippen molar-refractivity contribution in [2.45, 2.75) is 19.2 Å². The summed E-state index contributed by atoms with van der Waals surface area (Å²) < 4.78 is 33.6. The lowest BCUT2D eigenvalue weighted by atomic mass is 10.2. The summed E-state index contributed by atoms with van der Waals surface area (Å²) in [6.07, 6.45) is 0. The highest BCUT2D eigenvalue weighted by molar-refractivity contribution is 5.78. The minimum Gasteiger partial charge on any atom is -0.473 e. The molecule has 8 nitrogen and oxygen atoms in total. The Hall–Kier alpha value is -3.01. The summed E-state index contributed by atoms with van der Waals surface area (Å²) in [6, 6.07) is 5.17. The Morgan fingerprint density at radius 2 is 2.00 bits per heavy atom. The lowest BCUT2D eigenvalue weighted by Crippen LogP contribution is -2.55. The van der Waals surface area contributed by atoms with Crippen LogP contribution in [0.1, 0.15) is 5.56 Å². The van der Waals surface area contributed by atoms with Gasteiger partial charge in [0.15, 0.2) is 11.6 Å². The van der Waals surface area contributed by atoms with E-state index in [9.17, 15) is 18.4 Å². The van der Waals surface area contributed by atoms with E-state index < -0.39 is 17.3 Å². The zero-order valence-electron chi connectivity index (χ0n) is 16.8. The normalized spacial score (nSPS) is 17.8. The van der Waals surface area contributed by atoms with E-state index in [0.29, 0.717) is 44.1 Å². The van der Waals surface area contributed by atoms with Crippen LogP contribution >= 0.6 is 0 Å². The first-order chi connectivity index (χ1) is 14.3. The molecule has 2 aliphatic heterocycles. The maximum absolute atomic E-state index is 13.4. The molecule has 1 saturated heterocycles. The van der Waals surface area contributed by atoms with Gasteiger partial charge in [-0.05, 0) is 31.8 Å². The van der Waals surface area contributed by atoms with Crippen LogP contribution in [0.5, 0.6) is 5.88 Å². The van der Waals surface area contributed by atoms with Gasteiger partial charge in [0.1, 0.15) is 12.4 Å². The number of hydrogen-bond acceptors (Lipinski definition) is 6. The number of likely N-dealkylation sites (N-methyl/N-ethyl adjacent to an activating group) is 1. The molecular formula is C20H23F2N5O3. The van der Waals surface area contributed by atoms with E-state index in [1.54, 1.807) is 10.6 Å². The minimum atomic E-state index is -0.956. The fourth-order valence-electron chi connectivity index (χ4n) is 3.86. The third kappa shape index (κ3) is 4.00. The molecule has 2 aromatic rings. The predicted molar refractivity (Wildman–Crippen MR) is 105 cm³/mol. The summed E-state index contributed by atoms with van der Waals surface area (Å²) >= 11 is 0.